The smallest absolute Gasteiger partial charge is 0.314 e. The van der Waals surface area contributed by atoms with Crippen LogP contribution in [-0.4, -0.2) is 37.9 Å². The average Bonchev–Trinajstić information content (AvgIpc) is 1.90. The van der Waals surface area contributed by atoms with E-state index in [1.807, 2.05) is 0 Å². The van der Waals surface area contributed by atoms with E-state index >= 15 is 0 Å². The molecular formula is C4H9BClNO. The van der Waals surface area contributed by atoms with Crippen LogP contribution in [-0.2, 0) is 4.74 Å². The van der Waals surface area contributed by atoms with Crippen LogP contribution in [0.4, 0.5) is 0 Å². The predicted octanol–water partition coefficient (Wildman–Crippen LogP) is -0.176. The Morgan fingerprint density at radius 1 is 1.38 bits per heavy atom. The first-order chi connectivity index (χ1) is 3.93. The van der Waals surface area contributed by atoms with Crippen LogP contribution in [0.2, 0.25) is 0 Å². The van der Waals surface area contributed by atoms with Crippen molar-refractivity contribution in [2.75, 3.05) is 26.3 Å². The van der Waals surface area contributed by atoms with Gasteiger partial charge in [0, 0.05) is 13.1 Å². The fourth-order valence-electron chi connectivity index (χ4n) is 0.721. The van der Waals surface area contributed by atoms with E-state index in [-0.39, 0.29) is 0 Å². The number of nitrogens with zero attached hydrogens (tertiary/aromatic N) is 1. The summed E-state index contributed by atoms with van der Waals surface area (Å²) in [5, 5.41) is 0. The largest absolute Gasteiger partial charge is 0.379 e. The van der Waals surface area contributed by atoms with E-state index in [9.17, 15) is 0 Å². The molecule has 0 spiro atoms. The minimum Gasteiger partial charge on any atom is -0.379 e. The second-order valence-corrected chi connectivity index (χ2v) is 2.09. The minimum absolute atomic E-state index is 0.642. The van der Waals surface area contributed by atoms with Gasteiger partial charge in [-0.2, -0.15) is 11.5 Å². The molecule has 0 unspecified atom stereocenters. The third-order valence-corrected chi connectivity index (χ3v) is 1.61. The third-order valence-electron chi connectivity index (χ3n) is 1.27. The molecule has 1 fully saturated rings. The lowest BCUT2D eigenvalue weighted by molar-refractivity contribution is 0.0734. The number of hydrogen-bond donors (Lipinski definition) is 0. The molecule has 1 aliphatic heterocycles. The van der Waals surface area contributed by atoms with Gasteiger partial charge in [0.1, 0.15) is 0 Å². The fourth-order valence-corrected chi connectivity index (χ4v) is 0.960. The molecule has 4 heteroatoms. The molecular weight excluding hydrogens is 124 g/mol. The van der Waals surface area contributed by atoms with Gasteiger partial charge in [0.15, 0.2) is 0 Å². The highest BCUT2D eigenvalue weighted by Crippen LogP contribution is 1.94. The monoisotopic (exact) mass is 133 g/mol. The molecule has 8 heavy (non-hydrogen) atoms. The molecule has 1 aliphatic rings. The molecule has 0 aliphatic carbocycles. The summed E-state index contributed by atoms with van der Waals surface area (Å²) in [6.45, 7) is 4.30. The highest BCUT2D eigenvalue weighted by molar-refractivity contribution is 6.92. The van der Waals surface area contributed by atoms with Crippen LogP contribution in [0.1, 0.15) is 0 Å². The van der Waals surface area contributed by atoms with Gasteiger partial charge < -0.3 is 9.55 Å². The minimum atomic E-state index is 0.642. The van der Waals surface area contributed by atoms with E-state index in [1.54, 1.807) is 0 Å². The molecule has 0 aromatic carbocycles. The van der Waals surface area contributed by atoms with Gasteiger partial charge in [-0.15, -0.1) is 0 Å². The van der Waals surface area contributed by atoms with Crippen molar-refractivity contribution < 1.29 is 4.74 Å². The van der Waals surface area contributed by atoms with Crippen molar-refractivity contribution in [1.82, 2.24) is 4.81 Å². The molecule has 1 rings (SSSR count). The molecule has 0 N–H and O–H groups in total. The molecule has 0 atom stereocenters. The van der Waals surface area contributed by atoms with Gasteiger partial charge in [-0.3, -0.25) is 0 Å². The van der Waals surface area contributed by atoms with Crippen molar-refractivity contribution in [2.24, 2.45) is 0 Å². The van der Waals surface area contributed by atoms with E-state index in [4.69, 9.17) is 16.2 Å². The Morgan fingerprint density at radius 3 is 2.38 bits per heavy atom. The van der Waals surface area contributed by atoms with Crippen molar-refractivity contribution >= 4 is 18.3 Å². The molecule has 1 heterocycles. The van der Waals surface area contributed by atoms with Gasteiger partial charge in [-0.1, -0.05) is 0 Å². The molecule has 0 aromatic heterocycles. The van der Waals surface area contributed by atoms with Crippen molar-refractivity contribution in [3.05, 3.63) is 0 Å². The van der Waals surface area contributed by atoms with Crippen LogP contribution in [0.15, 0.2) is 0 Å². The van der Waals surface area contributed by atoms with E-state index in [0.717, 1.165) is 26.3 Å². The zero-order chi connectivity index (χ0) is 5.82. The number of halogens is 1. The summed E-state index contributed by atoms with van der Waals surface area (Å²) in [7, 11) is 0. The van der Waals surface area contributed by atoms with Crippen molar-refractivity contribution in [3.63, 3.8) is 0 Å². The summed E-state index contributed by atoms with van der Waals surface area (Å²) in [6, 6.07) is 0. The molecule has 0 aromatic rings. The van der Waals surface area contributed by atoms with Gasteiger partial charge >= 0.3 is 6.83 Å². The van der Waals surface area contributed by atoms with Crippen LogP contribution in [0, 0.1) is 0 Å². The molecule has 1 saturated heterocycles. The SMILES string of the molecule is ClBN1CCOCC1. The number of morpholine rings is 1. The molecule has 0 saturated carbocycles. The second kappa shape index (κ2) is 3.33. The lowest BCUT2D eigenvalue weighted by atomic mass is 10.2. The maximum absolute atomic E-state index is 5.55. The van der Waals surface area contributed by atoms with Crippen molar-refractivity contribution in [3.8, 4) is 0 Å². The summed E-state index contributed by atoms with van der Waals surface area (Å²) in [5.41, 5.74) is 0. The zero-order valence-corrected chi connectivity index (χ0v) is 5.52. The molecule has 46 valence electrons. The third kappa shape index (κ3) is 1.65. The highest BCUT2D eigenvalue weighted by Gasteiger charge is 2.08. The molecule has 0 amide bonds. The topological polar surface area (TPSA) is 12.5 Å². The van der Waals surface area contributed by atoms with Crippen LogP contribution in [0.25, 0.3) is 0 Å². The zero-order valence-electron chi connectivity index (χ0n) is 4.77. The summed E-state index contributed by atoms with van der Waals surface area (Å²) in [5.74, 6) is 0. The molecule has 0 radical (unpaired) electrons. The van der Waals surface area contributed by atoms with E-state index < -0.39 is 0 Å². The average molecular weight is 133 g/mol. The summed E-state index contributed by atoms with van der Waals surface area (Å²) in [6.07, 6.45) is 0. The van der Waals surface area contributed by atoms with Crippen LogP contribution >= 0.6 is 11.5 Å². The number of hydrogen-bond acceptors (Lipinski definition) is 2. The maximum atomic E-state index is 5.55. The van der Waals surface area contributed by atoms with Gasteiger partial charge in [0.05, 0.1) is 13.2 Å². The Hall–Kier alpha value is 0.275. The summed E-state index contributed by atoms with van der Waals surface area (Å²) in [4.78, 5) is 2.16. The maximum Gasteiger partial charge on any atom is 0.314 e. The van der Waals surface area contributed by atoms with Crippen molar-refractivity contribution in [1.29, 1.82) is 0 Å². The summed E-state index contributed by atoms with van der Waals surface area (Å²) >= 11 is 5.55. The second-order valence-electron chi connectivity index (χ2n) is 1.85. The van der Waals surface area contributed by atoms with E-state index in [0.29, 0.717) is 6.83 Å². The quantitative estimate of drug-likeness (QED) is 0.460. The first-order valence-corrected chi connectivity index (χ1v) is 3.33. The Labute approximate surface area is 54.9 Å². The number of rotatable bonds is 1. The summed E-state index contributed by atoms with van der Waals surface area (Å²) < 4.78 is 5.10. The lowest BCUT2D eigenvalue weighted by Gasteiger charge is -2.23. The van der Waals surface area contributed by atoms with Gasteiger partial charge in [0.2, 0.25) is 0 Å². The first-order valence-electron chi connectivity index (χ1n) is 2.79. The lowest BCUT2D eigenvalue weighted by Crippen LogP contribution is -2.36. The first kappa shape index (κ1) is 6.40. The van der Waals surface area contributed by atoms with Crippen molar-refractivity contribution in [2.45, 2.75) is 0 Å². The highest BCUT2D eigenvalue weighted by atomic mass is 35.5. The Bertz CT molecular complexity index is 67.1. The Kier molecular flexibility index (Phi) is 2.66. The standard InChI is InChI=1S/C4H9BClNO/c6-5-7-1-3-8-4-2-7/h5H,1-4H2. The Morgan fingerprint density at radius 2 is 2.00 bits per heavy atom. The van der Waals surface area contributed by atoms with E-state index in [1.165, 1.54) is 0 Å². The molecule has 0 bridgehead atoms. The molecule has 2 nitrogen and oxygen atoms in total. The van der Waals surface area contributed by atoms with Gasteiger partial charge in [-0.25, -0.2) is 0 Å². The van der Waals surface area contributed by atoms with Crippen LogP contribution in [0.3, 0.4) is 0 Å². The predicted molar refractivity (Wildman–Crippen MR) is 35.4 cm³/mol. The Balaban J connectivity index is 2.13. The van der Waals surface area contributed by atoms with Crippen LogP contribution in [0.5, 0.6) is 0 Å². The van der Waals surface area contributed by atoms with Crippen LogP contribution < -0.4 is 0 Å². The van der Waals surface area contributed by atoms with E-state index in [2.05, 4.69) is 4.81 Å². The fraction of sp³-hybridized carbons (Fsp3) is 1.00. The van der Waals surface area contributed by atoms with Gasteiger partial charge in [0.25, 0.3) is 0 Å². The van der Waals surface area contributed by atoms with Gasteiger partial charge in [-0.05, 0) is 0 Å². The normalized spacial score (nSPS) is 23.1. The number of ether oxygens (including phenoxy) is 1.